The van der Waals surface area contributed by atoms with Gasteiger partial charge in [-0.05, 0) is 12.1 Å². The number of amides is 2. The third kappa shape index (κ3) is 2.95. The van der Waals surface area contributed by atoms with Gasteiger partial charge >= 0.3 is 6.03 Å². The molecule has 1 aliphatic heterocycles. The van der Waals surface area contributed by atoms with Crippen LogP contribution >= 0.6 is 0 Å². The van der Waals surface area contributed by atoms with Gasteiger partial charge in [0, 0.05) is 31.9 Å². The lowest BCUT2D eigenvalue weighted by Gasteiger charge is -2.35. The molecule has 4 nitrogen and oxygen atoms in total. The zero-order chi connectivity index (χ0) is 12.8. The van der Waals surface area contributed by atoms with E-state index in [1.165, 1.54) is 5.69 Å². The molecule has 0 aromatic heterocycles. The van der Waals surface area contributed by atoms with Crippen LogP contribution in [0.2, 0.25) is 0 Å². The highest BCUT2D eigenvalue weighted by atomic mass is 16.2. The van der Waals surface area contributed by atoms with E-state index >= 15 is 0 Å². The standard InChI is InChI=1S/C14H17N3O/c1-2-8-15-14(18)17-11-9-16(10-12-17)13-6-4-3-5-7-13/h1,3-7H,8-12H2,(H,15,18). The first kappa shape index (κ1) is 12.3. The SMILES string of the molecule is C#CCNC(=O)N1CCN(c2ccccc2)CC1. The molecule has 0 atom stereocenters. The first-order valence-electron chi connectivity index (χ1n) is 6.07. The fourth-order valence-electron chi connectivity index (χ4n) is 2.04. The van der Waals surface area contributed by atoms with E-state index in [0.717, 1.165) is 26.2 Å². The third-order valence-corrected chi connectivity index (χ3v) is 3.03. The van der Waals surface area contributed by atoms with Gasteiger partial charge in [0.25, 0.3) is 0 Å². The summed E-state index contributed by atoms with van der Waals surface area (Å²) in [5, 5.41) is 2.69. The van der Waals surface area contributed by atoms with Crippen molar-refractivity contribution < 1.29 is 4.79 Å². The van der Waals surface area contributed by atoms with Gasteiger partial charge in [-0.25, -0.2) is 4.79 Å². The molecule has 1 fully saturated rings. The summed E-state index contributed by atoms with van der Waals surface area (Å²) in [5.41, 5.74) is 1.21. The second-order valence-corrected chi connectivity index (χ2v) is 4.17. The molecule has 0 unspecified atom stereocenters. The van der Waals surface area contributed by atoms with Crippen molar-refractivity contribution >= 4 is 11.7 Å². The minimum atomic E-state index is -0.0688. The molecule has 0 aliphatic carbocycles. The molecule has 4 heteroatoms. The Hall–Kier alpha value is -2.15. The van der Waals surface area contributed by atoms with Crippen molar-refractivity contribution in [2.24, 2.45) is 0 Å². The summed E-state index contributed by atoms with van der Waals surface area (Å²) in [4.78, 5) is 15.8. The number of piperazine rings is 1. The molecule has 2 amide bonds. The van der Waals surface area contributed by atoms with Crippen molar-refractivity contribution in [1.29, 1.82) is 0 Å². The van der Waals surface area contributed by atoms with Crippen molar-refractivity contribution in [3.8, 4) is 12.3 Å². The van der Waals surface area contributed by atoms with E-state index in [0.29, 0.717) is 0 Å². The molecule has 1 aromatic carbocycles. The van der Waals surface area contributed by atoms with Crippen LogP contribution in [-0.2, 0) is 0 Å². The van der Waals surface area contributed by atoms with Gasteiger partial charge < -0.3 is 15.1 Å². The molecule has 0 bridgehead atoms. The van der Waals surface area contributed by atoms with Gasteiger partial charge in [-0.2, -0.15) is 0 Å². The van der Waals surface area contributed by atoms with E-state index in [2.05, 4.69) is 28.3 Å². The Morgan fingerprint density at radius 1 is 1.22 bits per heavy atom. The highest BCUT2D eigenvalue weighted by Crippen LogP contribution is 2.15. The monoisotopic (exact) mass is 243 g/mol. The number of nitrogens with one attached hydrogen (secondary N) is 1. The first-order chi connectivity index (χ1) is 8.81. The Morgan fingerprint density at radius 2 is 1.89 bits per heavy atom. The molecule has 0 radical (unpaired) electrons. The van der Waals surface area contributed by atoms with Crippen LogP contribution in [0.3, 0.4) is 0 Å². The molecule has 1 N–H and O–H groups in total. The minimum Gasteiger partial charge on any atom is -0.368 e. The number of hydrogen-bond donors (Lipinski definition) is 1. The van der Waals surface area contributed by atoms with E-state index in [4.69, 9.17) is 6.42 Å². The Balaban J connectivity index is 1.85. The number of para-hydroxylation sites is 1. The third-order valence-electron chi connectivity index (χ3n) is 3.03. The maximum absolute atomic E-state index is 11.7. The van der Waals surface area contributed by atoms with Gasteiger partial charge in [0.05, 0.1) is 6.54 Å². The molecular formula is C14H17N3O. The van der Waals surface area contributed by atoms with Crippen LogP contribution in [0.15, 0.2) is 30.3 Å². The molecule has 1 aliphatic rings. The number of carbonyl (C=O) groups is 1. The highest BCUT2D eigenvalue weighted by Gasteiger charge is 2.20. The quantitative estimate of drug-likeness (QED) is 0.791. The summed E-state index contributed by atoms with van der Waals surface area (Å²) in [5.74, 6) is 2.40. The second-order valence-electron chi connectivity index (χ2n) is 4.17. The van der Waals surface area contributed by atoms with Crippen LogP contribution in [0, 0.1) is 12.3 Å². The van der Waals surface area contributed by atoms with Crippen molar-refractivity contribution in [2.75, 3.05) is 37.6 Å². The van der Waals surface area contributed by atoms with Gasteiger partial charge in [-0.3, -0.25) is 0 Å². The number of nitrogens with zero attached hydrogens (tertiary/aromatic N) is 2. The average Bonchev–Trinajstić information content (AvgIpc) is 2.46. The number of hydrogen-bond acceptors (Lipinski definition) is 2. The fraction of sp³-hybridized carbons (Fsp3) is 0.357. The number of anilines is 1. The van der Waals surface area contributed by atoms with Gasteiger partial charge in [-0.15, -0.1) is 6.42 Å². The molecule has 1 aromatic rings. The summed E-state index contributed by atoms with van der Waals surface area (Å²) in [7, 11) is 0. The largest absolute Gasteiger partial charge is 0.368 e. The van der Waals surface area contributed by atoms with Gasteiger partial charge in [0.15, 0.2) is 0 Å². The van der Waals surface area contributed by atoms with Crippen LogP contribution < -0.4 is 10.2 Å². The lowest BCUT2D eigenvalue weighted by atomic mass is 10.2. The van der Waals surface area contributed by atoms with Gasteiger partial charge in [0.1, 0.15) is 0 Å². The zero-order valence-corrected chi connectivity index (χ0v) is 10.3. The molecule has 0 spiro atoms. The van der Waals surface area contributed by atoms with Crippen LogP contribution in [0.1, 0.15) is 0 Å². The van der Waals surface area contributed by atoms with E-state index in [-0.39, 0.29) is 12.6 Å². The molecule has 18 heavy (non-hydrogen) atoms. The molecule has 0 saturated carbocycles. The van der Waals surface area contributed by atoms with Crippen molar-refractivity contribution in [2.45, 2.75) is 0 Å². The molecule has 1 saturated heterocycles. The molecule has 2 rings (SSSR count). The maximum Gasteiger partial charge on any atom is 0.318 e. The van der Waals surface area contributed by atoms with Crippen molar-refractivity contribution in [3.05, 3.63) is 30.3 Å². The van der Waals surface area contributed by atoms with Crippen LogP contribution in [0.5, 0.6) is 0 Å². The predicted molar refractivity (Wildman–Crippen MR) is 72.5 cm³/mol. The minimum absolute atomic E-state index is 0.0688. The Kier molecular flexibility index (Phi) is 4.08. The highest BCUT2D eigenvalue weighted by molar-refractivity contribution is 5.74. The fourth-order valence-corrected chi connectivity index (χ4v) is 2.04. The van der Waals surface area contributed by atoms with Crippen LogP contribution in [0.4, 0.5) is 10.5 Å². The summed E-state index contributed by atoms with van der Waals surface area (Å²) < 4.78 is 0. The van der Waals surface area contributed by atoms with E-state index in [1.807, 2.05) is 18.2 Å². The Bertz CT molecular complexity index is 430. The van der Waals surface area contributed by atoms with E-state index in [9.17, 15) is 4.79 Å². The second kappa shape index (κ2) is 5.97. The van der Waals surface area contributed by atoms with Crippen LogP contribution in [0.25, 0.3) is 0 Å². The number of urea groups is 1. The normalized spacial score (nSPS) is 15.1. The lowest BCUT2D eigenvalue weighted by Crippen LogP contribution is -2.51. The van der Waals surface area contributed by atoms with E-state index in [1.54, 1.807) is 4.90 Å². The Labute approximate surface area is 108 Å². The lowest BCUT2D eigenvalue weighted by molar-refractivity contribution is 0.195. The number of benzene rings is 1. The number of carbonyl (C=O) groups excluding carboxylic acids is 1. The average molecular weight is 243 g/mol. The van der Waals surface area contributed by atoms with Crippen molar-refractivity contribution in [3.63, 3.8) is 0 Å². The first-order valence-corrected chi connectivity index (χ1v) is 6.07. The summed E-state index contributed by atoms with van der Waals surface area (Å²) in [6, 6.07) is 10.2. The number of rotatable bonds is 2. The van der Waals surface area contributed by atoms with Crippen molar-refractivity contribution in [1.82, 2.24) is 10.2 Å². The van der Waals surface area contributed by atoms with E-state index < -0.39 is 0 Å². The Morgan fingerprint density at radius 3 is 2.50 bits per heavy atom. The smallest absolute Gasteiger partial charge is 0.318 e. The summed E-state index contributed by atoms with van der Waals surface area (Å²) in [6.07, 6.45) is 5.11. The molecular weight excluding hydrogens is 226 g/mol. The van der Waals surface area contributed by atoms with Gasteiger partial charge in [-0.1, -0.05) is 24.1 Å². The predicted octanol–water partition coefficient (Wildman–Crippen LogP) is 1.15. The zero-order valence-electron chi connectivity index (χ0n) is 10.3. The van der Waals surface area contributed by atoms with Gasteiger partial charge in [0.2, 0.25) is 0 Å². The summed E-state index contributed by atoms with van der Waals surface area (Å²) in [6.45, 7) is 3.45. The molecule has 94 valence electrons. The topological polar surface area (TPSA) is 35.6 Å². The summed E-state index contributed by atoms with van der Waals surface area (Å²) >= 11 is 0. The maximum atomic E-state index is 11.7. The van der Waals surface area contributed by atoms with Crippen LogP contribution in [-0.4, -0.2) is 43.7 Å². The number of terminal acetylenes is 1. The molecule has 1 heterocycles.